The molecule has 27 heavy (non-hydrogen) atoms. The van der Waals surface area contributed by atoms with Crippen LogP contribution in [0.2, 0.25) is 0 Å². The highest BCUT2D eigenvalue weighted by Crippen LogP contribution is 2.24. The van der Waals surface area contributed by atoms with Crippen molar-refractivity contribution < 1.29 is 0 Å². The number of likely N-dealkylation sites (N-methyl/N-ethyl adjacent to an activating group) is 1. The third kappa shape index (κ3) is 4.46. The van der Waals surface area contributed by atoms with Crippen molar-refractivity contribution in [3.8, 4) is 11.3 Å². The zero-order valence-corrected chi connectivity index (χ0v) is 16.7. The van der Waals surface area contributed by atoms with Gasteiger partial charge < -0.3 is 0 Å². The van der Waals surface area contributed by atoms with Crippen molar-refractivity contribution in [3.05, 3.63) is 58.4 Å². The molecule has 0 bridgehead atoms. The first-order chi connectivity index (χ1) is 13.3. The van der Waals surface area contributed by atoms with Crippen LogP contribution >= 0.6 is 11.3 Å². The van der Waals surface area contributed by atoms with Crippen molar-refractivity contribution >= 4 is 11.3 Å². The molecule has 0 aliphatic carbocycles. The van der Waals surface area contributed by atoms with Gasteiger partial charge in [-0.3, -0.25) is 9.80 Å². The fourth-order valence-corrected chi connectivity index (χ4v) is 4.77. The molecule has 1 aliphatic heterocycles. The predicted octanol–water partition coefficient (Wildman–Crippen LogP) is 4.02. The summed E-state index contributed by atoms with van der Waals surface area (Å²) in [6.45, 7) is 7.49. The number of hydrogen-bond donors (Lipinski definition) is 1. The number of aromatic nitrogens is 3. The molecule has 1 aliphatic rings. The van der Waals surface area contributed by atoms with E-state index in [4.69, 9.17) is 0 Å². The first-order valence-electron chi connectivity index (χ1n) is 9.77. The molecular weight excluding hydrogens is 354 g/mol. The summed E-state index contributed by atoms with van der Waals surface area (Å²) < 4.78 is 0. The van der Waals surface area contributed by atoms with Gasteiger partial charge >= 0.3 is 0 Å². The fraction of sp³-hybridized carbons (Fsp3) is 0.429. The van der Waals surface area contributed by atoms with Gasteiger partial charge in [0.15, 0.2) is 0 Å². The van der Waals surface area contributed by atoms with Gasteiger partial charge in [-0.15, -0.1) is 11.3 Å². The average Bonchev–Trinajstić information content (AvgIpc) is 3.44. The zero-order chi connectivity index (χ0) is 18.5. The van der Waals surface area contributed by atoms with Crippen LogP contribution < -0.4 is 0 Å². The molecule has 1 unspecified atom stereocenters. The highest BCUT2D eigenvalue weighted by molar-refractivity contribution is 7.09. The van der Waals surface area contributed by atoms with E-state index in [1.165, 1.54) is 24.3 Å². The summed E-state index contributed by atoms with van der Waals surface area (Å²) in [7, 11) is 0. The molecule has 0 spiro atoms. The van der Waals surface area contributed by atoms with E-state index in [2.05, 4.69) is 73.9 Å². The Morgan fingerprint density at radius 2 is 2.04 bits per heavy atom. The quantitative estimate of drug-likeness (QED) is 0.640. The average molecular weight is 382 g/mol. The lowest BCUT2D eigenvalue weighted by molar-refractivity contribution is 0.166. The molecule has 142 valence electrons. The lowest BCUT2D eigenvalue weighted by atomic mass is 10.1. The van der Waals surface area contributed by atoms with Crippen LogP contribution in [0.1, 0.15) is 30.3 Å². The first-order valence-corrected chi connectivity index (χ1v) is 10.6. The summed E-state index contributed by atoms with van der Waals surface area (Å²) in [6, 6.07) is 15.3. The molecule has 1 fully saturated rings. The third-order valence-corrected chi connectivity index (χ3v) is 6.24. The van der Waals surface area contributed by atoms with Gasteiger partial charge in [0, 0.05) is 36.1 Å². The van der Waals surface area contributed by atoms with Crippen molar-refractivity contribution in [2.45, 2.75) is 38.9 Å². The highest BCUT2D eigenvalue weighted by atomic mass is 32.1. The second kappa shape index (κ2) is 8.78. The molecule has 1 atom stereocenters. The number of benzene rings is 1. The molecule has 1 saturated heterocycles. The summed E-state index contributed by atoms with van der Waals surface area (Å²) in [5.74, 6) is 0. The number of thiophene rings is 1. The number of aromatic amines is 1. The number of nitrogens with one attached hydrogen (secondary N) is 1. The molecule has 3 heterocycles. The maximum atomic E-state index is 4.49. The molecule has 1 aromatic carbocycles. The molecule has 0 saturated carbocycles. The van der Waals surface area contributed by atoms with Crippen LogP contribution in [-0.4, -0.2) is 50.9 Å². The second-order valence-corrected chi connectivity index (χ2v) is 8.19. The molecule has 6 heteroatoms. The van der Waals surface area contributed by atoms with Crippen LogP contribution in [0.5, 0.6) is 0 Å². The minimum absolute atomic E-state index is 0.641. The lowest BCUT2D eigenvalue weighted by Crippen LogP contribution is -2.39. The first kappa shape index (κ1) is 18.3. The Kier molecular flexibility index (Phi) is 5.97. The Labute approximate surface area is 165 Å². The van der Waals surface area contributed by atoms with Crippen LogP contribution in [0.25, 0.3) is 11.3 Å². The third-order valence-electron chi connectivity index (χ3n) is 5.37. The van der Waals surface area contributed by atoms with Crippen molar-refractivity contribution in [2.24, 2.45) is 0 Å². The Morgan fingerprint density at radius 1 is 1.15 bits per heavy atom. The smallest absolute Gasteiger partial charge is 0.117 e. The minimum atomic E-state index is 0.641. The minimum Gasteiger partial charge on any atom is -0.299 e. The Balaban J connectivity index is 1.53. The maximum absolute atomic E-state index is 4.49. The molecule has 5 nitrogen and oxygen atoms in total. The van der Waals surface area contributed by atoms with Crippen LogP contribution in [-0.2, 0) is 13.1 Å². The summed E-state index contributed by atoms with van der Waals surface area (Å²) in [6.07, 6.45) is 2.60. The zero-order valence-electron chi connectivity index (χ0n) is 15.8. The Bertz CT molecular complexity index is 814. The molecular formula is C21H27N5S. The normalized spacial score (nSPS) is 17.8. The van der Waals surface area contributed by atoms with Gasteiger partial charge in [-0.05, 0) is 37.4 Å². The van der Waals surface area contributed by atoms with Crippen LogP contribution in [0.4, 0.5) is 0 Å². The van der Waals surface area contributed by atoms with Gasteiger partial charge in [0.1, 0.15) is 11.4 Å². The van der Waals surface area contributed by atoms with E-state index in [-0.39, 0.29) is 0 Å². The molecule has 4 rings (SSSR count). The van der Waals surface area contributed by atoms with E-state index in [0.29, 0.717) is 6.04 Å². The molecule has 2 aromatic heterocycles. The van der Waals surface area contributed by atoms with E-state index in [1.807, 2.05) is 17.4 Å². The van der Waals surface area contributed by atoms with E-state index in [9.17, 15) is 0 Å². The number of H-pyrrole nitrogens is 1. The monoisotopic (exact) mass is 381 g/mol. The maximum Gasteiger partial charge on any atom is 0.117 e. The largest absolute Gasteiger partial charge is 0.299 e. The Hall–Kier alpha value is -2.02. The summed E-state index contributed by atoms with van der Waals surface area (Å²) in [5.41, 5.74) is 3.11. The van der Waals surface area contributed by atoms with Crippen LogP contribution in [0, 0.1) is 0 Å². The van der Waals surface area contributed by atoms with Crippen molar-refractivity contribution in [3.63, 3.8) is 0 Å². The molecule has 3 aromatic rings. The van der Waals surface area contributed by atoms with E-state index >= 15 is 0 Å². The van der Waals surface area contributed by atoms with Gasteiger partial charge in [0.25, 0.3) is 0 Å². The Morgan fingerprint density at radius 3 is 2.81 bits per heavy atom. The second-order valence-electron chi connectivity index (χ2n) is 7.16. The van der Waals surface area contributed by atoms with E-state index in [1.54, 1.807) is 0 Å². The summed E-state index contributed by atoms with van der Waals surface area (Å²) >= 11 is 1.83. The molecule has 0 amide bonds. The van der Waals surface area contributed by atoms with Crippen molar-refractivity contribution in [2.75, 3.05) is 19.6 Å². The van der Waals surface area contributed by atoms with Crippen LogP contribution in [0.3, 0.4) is 0 Å². The number of likely N-dealkylation sites (tertiary alicyclic amines) is 1. The van der Waals surface area contributed by atoms with Gasteiger partial charge in [0.05, 0.1) is 0 Å². The van der Waals surface area contributed by atoms with Crippen LogP contribution in [0.15, 0.2) is 47.8 Å². The summed E-state index contributed by atoms with van der Waals surface area (Å²) in [5, 5.41) is 13.9. The van der Waals surface area contributed by atoms with Crippen molar-refractivity contribution in [1.29, 1.82) is 0 Å². The van der Waals surface area contributed by atoms with Gasteiger partial charge in [0.2, 0.25) is 0 Å². The fourth-order valence-electron chi connectivity index (χ4n) is 4.03. The van der Waals surface area contributed by atoms with E-state index < -0.39 is 0 Å². The topological polar surface area (TPSA) is 48.0 Å². The highest BCUT2D eigenvalue weighted by Gasteiger charge is 2.26. The van der Waals surface area contributed by atoms with Gasteiger partial charge in [-0.2, -0.15) is 15.4 Å². The van der Waals surface area contributed by atoms with Gasteiger partial charge in [-0.25, -0.2) is 0 Å². The SMILES string of the molecule is CCN1CCCC1CN(Cc1cccs1)Cc1n[nH]nc1-c1ccccc1. The molecule has 1 N–H and O–H groups in total. The lowest BCUT2D eigenvalue weighted by Gasteiger charge is -2.29. The number of hydrogen-bond acceptors (Lipinski definition) is 5. The number of rotatable bonds is 8. The molecule has 0 radical (unpaired) electrons. The van der Waals surface area contributed by atoms with Crippen molar-refractivity contribution in [1.82, 2.24) is 25.2 Å². The standard InChI is InChI=1S/C21H27N5S/c1-2-26-12-6-10-18(26)14-25(15-19-11-7-13-27-19)16-20-21(23-24-22-20)17-8-4-3-5-9-17/h3-5,7-9,11,13,18H,2,6,10,12,14-16H2,1H3,(H,22,23,24). The predicted molar refractivity (Wildman–Crippen MR) is 111 cm³/mol. The van der Waals surface area contributed by atoms with Gasteiger partial charge in [-0.1, -0.05) is 43.3 Å². The number of nitrogens with zero attached hydrogens (tertiary/aromatic N) is 4. The summed E-state index contributed by atoms with van der Waals surface area (Å²) in [4.78, 5) is 6.55. The van der Waals surface area contributed by atoms with E-state index in [0.717, 1.165) is 43.1 Å².